The maximum Gasteiger partial charge on any atom is 0.225 e. The van der Waals surface area contributed by atoms with Gasteiger partial charge in [-0.25, -0.2) is 12.7 Å². The van der Waals surface area contributed by atoms with Crippen LogP contribution in [0.4, 0.5) is 0 Å². The second kappa shape index (κ2) is 8.26. The van der Waals surface area contributed by atoms with Crippen LogP contribution in [0.5, 0.6) is 0 Å². The van der Waals surface area contributed by atoms with Crippen molar-refractivity contribution in [3.63, 3.8) is 0 Å². The number of ether oxygens (including phenoxy) is 1. The maximum atomic E-state index is 12.6. The molecule has 0 N–H and O–H groups in total. The lowest BCUT2D eigenvalue weighted by atomic mass is 9.96. The second-order valence-electron chi connectivity index (χ2n) is 6.22. The molecule has 7 heteroatoms. The molecule has 1 amide bonds. The molecule has 2 fully saturated rings. The Labute approximate surface area is 133 Å². The standard InChI is InChI=1S/C15H28N2O4S/c1-21-12-13-22(19,20)17-10-6-14(7-11-17)15(18)16-8-4-2-3-5-9-16/h14H,2-13H2,1H3. The number of carbonyl (C=O) groups is 1. The lowest BCUT2D eigenvalue weighted by Crippen LogP contribution is -2.45. The molecule has 0 aliphatic carbocycles. The van der Waals surface area contributed by atoms with Crippen molar-refractivity contribution in [2.75, 3.05) is 45.6 Å². The van der Waals surface area contributed by atoms with Crippen LogP contribution in [-0.4, -0.2) is 69.2 Å². The van der Waals surface area contributed by atoms with Crippen LogP contribution < -0.4 is 0 Å². The molecule has 0 saturated carbocycles. The number of hydrogen-bond acceptors (Lipinski definition) is 4. The summed E-state index contributed by atoms with van der Waals surface area (Å²) in [5.41, 5.74) is 0. The highest BCUT2D eigenvalue weighted by Gasteiger charge is 2.32. The zero-order valence-corrected chi connectivity index (χ0v) is 14.3. The van der Waals surface area contributed by atoms with Crippen molar-refractivity contribution in [2.24, 2.45) is 5.92 Å². The van der Waals surface area contributed by atoms with Gasteiger partial charge >= 0.3 is 0 Å². The summed E-state index contributed by atoms with van der Waals surface area (Å²) in [5.74, 6) is 0.247. The Balaban J connectivity index is 1.84. The molecular weight excluding hydrogens is 304 g/mol. The molecular formula is C15H28N2O4S. The highest BCUT2D eigenvalue weighted by atomic mass is 32.2. The van der Waals surface area contributed by atoms with Gasteiger partial charge in [0.25, 0.3) is 0 Å². The second-order valence-corrected chi connectivity index (χ2v) is 8.31. The maximum absolute atomic E-state index is 12.6. The molecule has 2 rings (SSSR count). The van der Waals surface area contributed by atoms with Crippen LogP contribution in [0.15, 0.2) is 0 Å². The van der Waals surface area contributed by atoms with E-state index in [0.29, 0.717) is 25.9 Å². The number of likely N-dealkylation sites (tertiary alicyclic amines) is 1. The Morgan fingerprint density at radius 2 is 1.64 bits per heavy atom. The third kappa shape index (κ3) is 4.67. The minimum atomic E-state index is -3.24. The zero-order valence-electron chi connectivity index (χ0n) is 13.5. The first-order valence-corrected chi connectivity index (χ1v) is 9.91. The van der Waals surface area contributed by atoms with E-state index in [1.807, 2.05) is 4.90 Å². The highest BCUT2D eigenvalue weighted by molar-refractivity contribution is 7.89. The van der Waals surface area contributed by atoms with E-state index in [0.717, 1.165) is 25.9 Å². The SMILES string of the molecule is COCCS(=O)(=O)N1CCC(C(=O)N2CCCCCC2)CC1. The van der Waals surface area contributed by atoms with Crippen LogP contribution in [0.25, 0.3) is 0 Å². The smallest absolute Gasteiger partial charge is 0.225 e. The van der Waals surface area contributed by atoms with Gasteiger partial charge in [0.1, 0.15) is 0 Å². The number of carbonyl (C=O) groups excluding carboxylic acids is 1. The Bertz CT molecular complexity index is 450. The summed E-state index contributed by atoms with van der Waals surface area (Å²) in [6, 6.07) is 0. The van der Waals surface area contributed by atoms with Gasteiger partial charge in [-0.1, -0.05) is 12.8 Å². The molecule has 2 saturated heterocycles. The average molecular weight is 332 g/mol. The summed E-state index contributed by atoms with van der Waals surface area (Å²) in [6.07, 6.45) is 5.88. The van der Waals surface area contributed by atoms with E-state index in [-0.39, 0.29) is 24.2 Å². The fraction of sp³-hybridized carbons (Fsp3) is 0.933. The van der Waals surface area contributed by atoms with Gasteiger partial charge in [0, 0.05) is 39.2 Å². The molecule has 0 atom stereocenters. The molecule has 0 aromatic heterocycles. The summed E-state index contributed by atoms with van der Waals surface area (Å²) >= 11 is 0. The number of amides is 1. The number of nitrogens with zero attached hydrogens (tertiary/aromatic N) is 2. The normalized spacial score (nSPS) is 22.5. The number of rotatable bonds is 5. The van der Waals surface area contributed by atoms with Gasteiger partial charge < -0.3 is 9.64 Å². The van der Waals surface area contributed by atoms with Crippen molar-refractivity contribution < 1.29 is 17.9 Å². The van der Waals surface area contributed by atoms with Gasteiger partial charge in [-0.15, -0.1) is 0 Å². The van der Waals surface area contributed by atoms with Gasteiger partial charge in [0.15, 0.2) is 0 Å². The van der Waals surface area contributed by atoms with E-state index >= 15 is 0 Å². The van der Waals surface area contributed by atoms with Gasteiger partial charge in [0.2, 0.25) is 15.9 Å². The molecule has 2 aliphatic rings. The first-order valence-electron chi connectivity index (χ1n) is 8.30. The molecule has 0 bridgehead atoms. The van der Waals surface area contributed by atoms with Crippen LogP contribution in [-0.2, 0) is 19.6 Å². The third-order valence-electron chi connectivity index (χ3n) is 4.66. The Kier molecular flexibility index (Phi) is 6.65. The number of hydrogen-bond donors (Lipinski definition) is 0. The van der Waals surface area contributed by atoms with Crippen LogP contribution in [0, 0.1) is 5.92 Å². The Morgan fingerprint density at radius 1 is 1.05 bits per heavy atom. The number of methoxy groups -OCH3 is 1. The molecule has 128 valence electrons. The lowest BCUT2D eigenvalue weighted by molar-refractivity contribution is -0.136. The van der Waals surface area contributed by atoms with Crippen molar-refractivity contribution in [1.29, 1.82) is 0 Å². The van der Waals surface area contributed by atoms with Gasteiger partial charge in [0.05, 0.1) is 12.4 Å². The van der Waals surface area contributed by atoms with Gasteiger partial charge in [-0.2, -0.15) is 0 Å². The number of sulfonamides is 1. The van der Waals surface area contributed by atoms with Crippen molar-refractivity contribution in [1.82, 2.24) is 9.21 Å². The molecule has 0 aromatic carbocycles. The van der Waals surface area contributed by atoms with Crippen LogP contribution >= 0.6 is 0 Å². The van der Waals surface area contributed by atoms with Crippen molar-refractivity contribution in [3.8, 4) is 0 Å². The molecule has 22 heavy (non-hydrogen) atoms. The molecule has 2 heterocycles. The van der Waals surface area contributed by atoms with Gasteiger partial charge in [-0.3, -0.25) is 4.79 Å². The van der Waals surface area contributed by atoms with Crippen LogP contribution in [0.1, 0.15) is 38.5 Å². The van der Waals surface area contributed by atoms with E-state index in [4.69, 9.17) is 4.74 Å². The van der Waals surface area contributed by atoms with E-state index in [2.05, 4.69) is 0 Å². The fourth-order valence-electron chi connectivity index (χ4n) is 3.25. The van der Waals surface area contributed by atoms with Crippen LogP contribution in [0.2, 0.25) is 0 Å². The predicted molar refractivity (Wildman–Crippen MR) is 85.0 cm³/mol. The summed E-state index contributed by atoms with van der Waals surface area (Å²) in [7, 11) is -1.74. The molecule has 0 aromatic rings. The first-order chi connectivity index (χ1) is 10.5. The lowest BCUT2D eigenvalue weighted by Gasteiger charge is -2.33. The Morgan fingerprint density at radius 3 is 2.18 bits per heavy atom. The number of piperidine rings is 1. The molecule has 0 unspecified atom stereocenters. The van der Waals surface area contributed by atoms with Crippen molar-refractivity contribution in [2.45, 2.75) is 38.5 Å². The summed E-state index contributed by atoms with van der Waals surface area (Å²) in [5, 5.41) is 0. The van der Waals surface area contributed by atoms with Crippen molar-refractivity contribution in [3.05, 3.63) is 0 Å². The third-order valence-corrected chi connectivity index (χ3v) is 6.49. The topological polar surface area (TPSA) is 66.9 Å². The monoisotopic (exact) mass is 332 g/mol. The Hall–Kier alpha value is -0.660. The van der Waals surface area contributed by atoms with E-state index in [1.54, 1.807) is 0 Å². The molecule has 6 nitrogen and oxygen atoms in total. The van der Waals surface area contributed by atoms with Crippen LogP contribution in [0.3, 0.4) is 0 Å². The molecule has 2 aliphatic heterocycles. The minimum absolute atomic E-state index is 0.00743. The molecule has 0 radical (unpaired) electrons. The fourth-order valence-corrected chi connectivity index (χ4v) is 4.65. The highest BCUT2D eigenvalue weighted by Crippen LogP contribution is 2.23. The quantitative estimate of drug-likeness (QED) is 0.755. The van der Waals surface area contributed by atoms with Gasteiger partial charge in [-0.05, 0) is 25.7 Å². The van der Waals surface area contributed by atoms with E-state index in [9.17, 15) is 13.2 Å². The minimum Gasteiger partial charge on any atom is -0.384 e. The predicted octanol–water partition coefficient (Wildman–Crippen LogP) is 1.08. The molecule has 0 spiro atoms. The summed E-state index contributed by atoms with van der Waals surface area (Å²) < 4.78 is 30.6. The summed E-state index contributed by atoms with van der Waals surface area (Å²) in [6.45, 7) is 2.86. The first kappa shape index (κ1) is 17.7. The summed E-state index contributed by atoms with van der Waals surface area (Å²) in [4.78, 5) is 14.6. The zero-order chi connectivity index (χ0) is 16.0. The van der Waals surface area contributed by atoms with E-state index < -0.39 is 10.0 Å². The van der Waals surface area contributed by atoms with E-state index in [1.165, 1.54) is 24.3 Å². The van der Waals surface area contributed by atoms with Crippen molar-refractivity contribution >= 4 is 15.9 Å². The average Bonchev–Trinajstić information content (AvgIpc) is 2.81. The largest absolute Gasteiger partial charge is 0.384 e.